The van der Waals surface area contributed by atoms with Crippen LogP contribution in [0.2, 0.25) is 5.15 Å². The van der Waals surface area contributed by atoms with Crippen LogP contribution in [-0.4, -0.2) is 14.1 Å². The van der Waals surface area contributed by atoms with E-state index in [9.17, 15) is 22.8 Å². The fraction of sp³-hybridized carbons (Fsp3) is 0.133. The van der Waals surface area contributed by atoms with Gasteiger partial charge in [0, 0.05) is 23.1 Å². The average Bonchev–Trinajstić information content (AvgIpc) is 3.05. The molecule has 0 bridgehead atoms. The van der Waals surface area contributed by atoms with Crippen LogP contribution in [0.15, 0.2) is 38.7 Å². The number of hydrogen-bond acceptors (Lipinski definition) is 4. The van der Waals surface area contributed by atoms with Gasteiger partial charge in [0.15, 0.2) is 11.6 Å². The highest BCUT2D eigenvalue weighted by molar-refractivity contribution is 7.07. The smallest absolute Gasteiger partial charge is 0.279 e. The molecule has 0 aliphatic heterocycles. The molecule has 3 rings (SSSR count). The molecule has 3 aromatic rings. The molecule has 25 heavy (non-hydrogen) atoms. The molecule has 0 spiro atoms. The largest absolute Gasteiger partial charge is 0.332 e. The van der Waals surface area contributed by atoms with Gasteiger partial charge in [-0.3, -0.25) is 13.9 Å². The second kappa shape index (κ2) is 6.85. The van der Waals surface area contributed by atoms with Crippen LogP contribution in [0, 0.1) is 17.5 Å². The first-order chi connectivity index (χ1) is 11.9. The first-order valence-corrected chi connectivity index (χ1v) is 8.19. The summed E-state index contributed by atoms with van der Waals surface area (Å²) in [6, 6.07) is 2.02. The fourth-order valence-corrected chi connectivity index (χ4v) is 2.99. The standard InChI is InChI=1S/C15H9ClF3N3O2S/c16-13-3-14(23)22(5-9-6-25-7-20-9)15(24)21(13)4-8-1-11(18)12(19)2-10(8)17/h1-3,6-7H,4-5H2. The van der Waals surface area contributed by atoms with Gasteiger partial charge in [-0.1, -0.05) is 11.6 Å². The quantitative estimate of drug-likeness (QED) is 0.511. The highest BCUT2D eigenvalue weighted by Gasteiger charge is 2.15. The van der Waals surface area contributed by atoms with Crippen molar-refractivity contribution in [2.24, 2.45) is 0 Å². The lowest BCUT2D eigenvalue weighted by molar-refractivity contribution is 0.486. The first kappa shape index (κ1) is 17.4. The van der Waals surface area contributed by atoms with E-state index in [1.165, 1.54) is 11.3 Å². The lowest BCUT2D eigenvalue weighted by atomic mass is 10.2. The Hall–Kier alpha value is -2.39. The maximum Gasteiger partial charge on any atom is 0.332 e. The Balaban J connectivity index is 2.06. The lowest BCUT2D eigenvalue weighted by Crippen LogP contribution is -2.40. The zero-order valence-electron chi connectivity index (χ0n) is 12.4. The molecule has 5 nitrogen and oxygen atoms in total. The zero-order chi connectivity index (χ0) is 18.1. The van der Waals surface area contributed by atoms with E-state index in [2.05, 4.69) is 4.98 Å². The number of benzene rings is 1. The van der Waals surface area contributed by atoms with E-state index in [1.807, 2.05) is 0 Å². The average molecular weight is 388 g/mol. The molecule has 0 radical (unpaired) electrons. The highest BCUT2D eigenvalue weighted by Crippen LogP contribution is 2.16. The molecule has 2 aromatic heterocycles. The van der Waals surface area contributed by atoms with E-state index in [4.69, 9.17) is 11.6 Å². The number of hydrogen-bond donors (Lipinski definition) is 0. The summed E-state index contributed by atoms with van der Waals surface area (Å²) in [5.41, 5.74) is 0.310. The van der Waals surface area contributed by atoms with Crippen LogP contribution in [0.4, 0.5) is 13.2 Å². The second-order valence-electron chi connectivity index (χ2n) is 5.10. The molecule has 0 saturated heterocycles. The molecule has 130 valence electrons. The number of thiazole rings is 1. The van der Waals surface area contributed by atoms with E-state index in [0.29, 0.717) is 17.8 Å². The number of halogens is 4. The molecular weight excluding hydrogens is 379 g/mol. The summed E-state index contributed by atoms with van der Waals surface area (Å²) in [5.74, 6) is -3.62. The number of aromatic nitrogens is 3. The molecular formula is C15H9ClF3N3O2S. The van der Waals surface area contributed by atoms with Gasteiger partial charge < -0.3 is 0 Å². The van der Waals surface area contributed by atoms with Gasteiger partial charge in [0.2, 0.25) is 0 Å². The molecule has 0 fully saturated rings. The minimum atomic E-state index is -1.34. The van der Waals surface area contributed by atoms with Crippen molar-refractivity contribution in [2.75, 3.05) is 0 Å². The normalized spacial score (nSPS) is 11.0. The summed E-state index contributed by atoms with van der Waals surface area (Å²) in [6.45, 7) is -0.545. The third-order valence-electron chi connectivity index (χ3n) is 3.45. The van der Waals surface area contributed by atoms with Gasteiger partial charge in [0.25, 0.3) is 5.56 Å². The Bertz CT molecular complexity index is 1050. The maximum absolute atomic E-state index is 13.8. The molecule has 0 aliphatic rings. The Morgan fingerprint density at radius 3 is 2.40 bits per heavy atom. The fourth-order valence-electron chi connectivity index (χ4n) is 2.21. The van der Waals surface area contributed by atoms with Crippen molar-refractivity contribution in [1.29, 1.82) is 0 Å². The van der Waals surface area contributed by atoms with Gasteiger partial charge in [0.05, 0.1) is 24.3 Å². The number of nitrogens with zero attached hydrogens (tertiary/aromatic N) is 3. The minimum absolute atomic E-state index is 0.0847. The van der Waals surface area contributed by atoms with Gasteiger partial charge in [-0.15, -0.1) is 11.3 Å². The Kier molecular flexibility index (Phi) is 4.78. The molecule has 0 unspecified atom stereocenters. The molecule has 0 N–H and O–H groups in total. The molecule has 1 aromatic carbocycles. The third-order valence-corrected chi connectivity index (χ3v) is 4.40. The van der Waals surface area contributed by atoms with Crippen LogP contribution in [0.1, 0.15) is 11.3 Å². The first-order valence-electron chi connectivity index (χ1n) is 6.87. The van der Waals surface area contributed by atoms with Gasteiger partial charge in [-0.2, -0.15) is 0 Å². The zero-order valence-corrected chi connectivity index (χ0v) is 14.0. The number of rotatable bonds is 4. The summed E-state index contributed by atoms with van der Waals surface area (Å²) in [7, 11) is 0. The molecule has 0 atom stereocenters. The predicted molar refractivity (Wildman–Crippen MR) is 86.6 cm³/mol. The third kappa shape index (κ3) is 3.52. The minimum Gasteiger partial charge on any atom is -0.279 e. The van der Waals surface area contributed by atoms with Crippen molar-refractivity contribution in [1.82, 2.24) is 14.1 Å². The topological polar surface area (TPSA) is 56.9 Å². The highest BCUT2D eigenvalue weighted by atomic mass is 35.5. The summed E-state index contributed by atoms with van der Waals surface area (Å²) in [5, 5.41) is 1.42. The van der Waals surface area contributed by atoms with Crippen LogP contribution in [0.3, 0.4) is 0 Å². The summed E-state index contributed by atoms with van der Waals surface area (Å²) < 4.78 is 41.9. The molecule has 10 heteroatoms. The van der Waals surface area contributed by atoms with Crippen molar-refractivity contribution in [3.05, 3.63) is 83.8 Å². The van der Waals surface area contributed by atoms with E-state index < -0.39 is 35.2 Å². The van der Waals surface area contributed by atoms with Crippen LogP contribution >= 0.6 is 22.9 Å². The van der Waals surface area contributed by atoms with Crippen molar-refractivity contribution in [3.63, 3.8) is 0 Å². The van der Waals surface area contributed by atoms with Crippen molar-refractivity contribution in [2.45, 2.75) is 13.1 Å². The van der Waals surface area contributed by atoms with Gasteiger partial charge in [-0.25, -0.2) is 22.9 Å². The van der Waals surface area contributed by atoms with E-state index in [-0.39, 0.29) is 17.3 Å². The summed E-state index contributed by atoms with van der Waals surface area (Å²) in [6.07, 6.45) is 0. The maximum atomic E-state index is 13.8. The van der Waals surface area contributed by atoms with Crippen molar-refractivity contribution < 1.29 is 13.2 Å². The molecule has 0 amide bonds. The van der Waals surface area contributed by atoms with Crippen LogP contribution < -0.4 is 11.2 Å². The van der Waals surface area contributed by atoms with E-state index in [1.54, 1.807) is 10.9 Å². The Labute approximate surface area is 147 Å². The van der Waals surface area contributed by atoms with E-state index >= 15 is 0 Å². The van der Waals surface area contributed by atoms with E-state index in [0.717, 1.165) is 15.2 Å². The van der Waals surface area contributed by atoms with Gasteiger partial charge >= 0.3 is 5.69 Å². The summed E-state index contributed by atoms with van der Waals surface area (Å²) >= 11 is 7.20. The Morgan fingerprint density at radius 1 is 1.00 bits per heavy atom. The molecule has 0 saturated carbocycles. The monoisotopic (exact) mass is 387 g/mol. The van der Waals surface area contributed by atoms with Crippen molar-refractivity contribution >= 4 is 22.9 Å². The van der Waals surface area contributed by atoms with Gasteiger partial charge in [-0.05, 0) is 6.07 Å². The lowest BCUT2D eigenvalue weighted by Gasteiger charge is -2.12. The van der Waals surface area contributed by atoms with Gasteiger partial charge in [0.1, 0.15) is 11.0 Å². The second-order valence-corrected chi connectivity index (χ2v) is 6.20. The molecule has 0 aliphatic carbocycles. The SMILES string of the molecule is O=c1cc(Cl)n(Cc2cc(F)c(F)cc2F)c(=O)n1Cc1cscn1. The van der Waals surface area contributed by atoms with Crippen LogP contribution in [0.25, 0.3) is 0 Å². The van der Waals surface area contributed by atoms with Crippen molar-refractivity contribution in [3.8, 4) is 0 Å². The van der Waals surface area contributed by atoms with Crippen LogP contribution in [-0.2, 0) is 13.1 Å². The Morgan fingerprint density at radius 2 is 1.72 bits per heavy atom. The predicted octanol–water partition coefficient (Wildman–Crippen LogP) is 2.63. The van der Waals surface area contributed by atoms with Crippen LogP contribution in [0.5, 0.6) is 0 Å². The molecule has 2 heterocycles. The summed E-state index contributed by atoms with van der Waals surface area (Å²) in [4.78, 5) is 28.5.